The van der Waals surface area contributed by atoms with Crippen LogP contribution in [0.4, 0.5) is 0 Å². The lowest BCUT2D eigenvalue weighted by Gasteiger charge is -2.21. The summed E-state index contributed by atoms with van der Waals surface area (Å²) in [6.45, 7) is 3.90. The maximum absolute atomic E-state index is 12.5. The molecule has 1 N–H and O–H groups in total. The predicted octanol–water partition coefficient (Wildman–Crippen LogP) is 6.79. The number of carboxylic acid groups (broad SMARTS) is 1. The molecule has 1 aromatic carbocycles. The summed E-state index contributed by atoms with van der Waals surface area (Å²) in [6.07, 6.45) is 3.49. The SMILES string of the molecule is Cc1nn(-c2nc3c(s2)SC(C)c2cc(Cl)c(Cl)cc2-3)c(C(=O)O)c1-c1cnn2ccccc12. The van der Waals surface area contributed by atoms with Gasteiger partial charge in [-0.05, 0) is 43.7 Å². The zero-order valence-electron chi connectivity index (χ0n) is 17.8. The van der Waals surface area contributed by atoms with Crippen molar-refractivity contribution in [1.82, 2.24) is 24.4 Å². The summed E-state index contributed by atoms with van der Waals surface area (Å²) >= 11 is 15.6. The van der Waals surface area contributed by atoms with E-state index in [2.05, 4.69) is 17.1 Å². The van der Waals surface area contributed by atoms with Crippen LogP contribution in [0.2, 0.25) is 10.0 Å². The van der Waals surface area contributed by atoms with E-state index in [1.54, 1.807) is 29.4 Å². The van der Waals surface area contributed by atoms with E-state index in [4.69, 9.17) is 28.2 Å². The minimum atomic E-state index is -1.09. The van der Waals surface area contributed by atoms with E-state index in [1.807, 2.05) is 36.5 Å². The number of nitrogens with zero attached hydrogens (tertiary/aromatic N) is 5. The number of hydrogen-bond acceptors (Lipinski definition) is 6. The van der Waals surface area contributed by atoms with Gasteiger partial charge in [-0.25, -0.2) is 14.3 Å². The highest BCUT2D eigenvalue weighted by Crippen LogP contribution is 2.53. The Morgan fingerprint density at radius 1 is 1.18 bits per heavy atom. The fourth-order valence-electron chi connectivity index (χ4n) is 4.28. The number of aryl methyl sites for hydroxylation is 1. The molecule has 1 unspecified atom stereocenters. The molecule has 7 nitrogen and oxygen atoms in total. The molecule has 5 aromatic rings. The number of rotatable bonds is 3. The van der Waals surface area contributed by atoms with Crippen molar-refractivity contribution in [2.45, 2.75) is 23.3 Å². The average Bonchev–Trinajstić information content (AvgIpc) is 3.50. The molecule has 4 aromatic heterocycles. The van der Waals surface area contributed by atoms with E-state index < -0.39 is 5.97 Å². The Bertz CT molecular complexity index is 1640. The second kappa shape index (κ2) is 7.84. The molecule has 170 valence electrons. The first-order valence-electron chi connectivity index (χ1n) is 10.3. The number of aromatic nitrogens is 5. The molecule has 5 heterocycles. The summed E-state index contributed by atoms with van der Waals surface area (Å²) in [6, 6.07) is 9.37. The Morgan fingerprint density at radius 2 is 1.97 bits per heavy atom. The first kappa shape index (κ1) is 21.7. The van der Waals surface area contributed by atoms with Gasteiger partial charge in [0.2, 0.25) is 5.13 Å². The molecule has 0 saturated carbocycles. The fourth-order valence-corrected chi connectivity index (χ4v) is 7.15. The quantitative estimate of drug-likeness (QED) is 0.278. The predicted molar refractivity (Wildman–Crippen MR) is 135 cm³/mol. The third-order valence-electron chi connectivity index (χ3n) is 5.79. The zero-order chi connectivity index (χ0) is 23.7. The summed E-state index contributed by atoms with van der Waals surface area (Å²) in [5.74, 6) is -1.09. The van der Waals surface area contributed by atoms with Crippen LogP contribution in [0.5, 0.6) is 0 Å². The Labute approximate surface area is 212 Å². The van der Waals surface area contributed by atoms with E-state index >= 15 is 0 Å². The van der Waals surface area contributed by atoms with Crippen LogP contribution in [0.15, 0.2) is 46.9 Å². The minimum absolute atomic E-state index is 0.0507. The van der Waals surface area contributed by atoms with Crippen molar-refractivity contribution < 1.29 is 9.90 Å². The van der Waals surface area contributed by atoms with E-state index in [1.165, 1.54) is 16.0 Å². The number of carboxylic acids is 1. The average molecular weight is 528 g/mol. The molecule has 0 radical (unpaired) electrons. The Balaban J connectivity index is 1.56. The Kier molecular flexibility index (Phi) is 5.00. The lowest BCUT2D eigenvalue weighted by molar-refractivity contribution is 0.0688. The number of aromatic carboxylic acids is 1. The van der Waals surface area contributed by atoms with Crippen molar-refractivity contribution in [2.75, 3.05) is 0 Å². The van der Waals surface area contributed by atoms with Crippen LogP contribution in [0.25, 0.3) is 33.0 Å². The first-order valence-corrected chi connectivity index (χ1v) is 12.7. The number of pyridine rings is 1. The van der Waals surface area contributed by atoms with E-state index in [9.17, 15) is 9.90 Å². The topological polar surface area (TPSA) is 85.3 Å². The van der Waals surface area contributed by atoms with Crippen LogP contribution in [0.1, 0.15) is 33.9 Å². The third-order valence-corrected chi connectivity index (χ3v) is 8.90. The number of thiazole rings is 1. The van der Waals surface area contributed by atoms with Crippen LogP contribution in [-0.4, -0.2) is 35.5 Å². The molecular formula is C23H15Cl2N5O2S2. The minimum Gasteiger partial charge on any atom is -0.476 e. The molecule has 11 heteroatoms. The molecule has 1 aliphatic rings. The van der Waals surface area contributed by atoms with E-state index in [0.29, 0.717) is 32.0 Å². The van der Waals surface area contributed by atoms with Gasteiger partial charge in [0.1, 0.15) is 0 Å². The van der Waals surface area contributed by atoms with Gasteiger partial charge in [0.05, 0.1) is 37.4 Å². The van der Waals surface area contributed by atoms with E-state index in [-0.39, 0.29) is 10.9 Å². The second-order valence-electron chi connectivity index (χ2n) is 7.86. The monoisotopic (exact) mass is 527 g/mol. The smallest absolute Gasteiger partial charge is 0.355 e. The fraction of sp³-hybridized carbons (Fsp3) is 0.130. The molecule has 1 atom stereocenters. The highest BCUT2D eigenvalue weighted by Gasteiger charge is 2.31. The van der Waals surface area contributed by atoms with Crippen LogP contribution >= 0.6 is 46.3 Å². The standard InChI is InChI=1S/C23H15Cl2N5O2S2/c1-10-18(14-9-26-29-6-4-3-5-17(14)29)20(21(31)32)30(28-10)23-27-19-13-8-16(25)15(24)7-12(13)11(2)33-22(19)34-23/h3-9,11H,1-2H3,(H,31,32). The molecular weight excluding hydrogens is 513 g/mol. The summed E-state index contributed by atoms with van der Waals surface area (Å²) in [4.78, 5) is 17.3. The second-order valence-corrected chi connectivity index (χ2v) is 11.3. The molecule has 0 bridgehead atoms. The maximum Gasteiger partial charge on any atom is 0.355 e. The van der Waals surface area contributed by atoms with Crippen LogP contribution in [0.3, 0.4) is 0 Å². The summed E-state index contributed by atoms with van der Waals surface area (Å²) in [5, 5.41) is 20.8. The number of halogens is 2. The van der Waals surface area contributed by atoms with Crippen molar-refractivity contribution >= 4 is 57.8 Å². The molecule has 34 heavy (non-hydrogen) atoms. The van der Waals surface area contributed by atoms with Gasteiger partial charge in [-0.3, -0.25) is 0 Å². The van der Waals surface area contributed by atoms with Crippen LogP contribution in [-0.2, 0) is 0 Å². The van der Waals surface area contributed by atoms with Gasteiger partial charge in [0.25, 0.3) is 0 Å². The first-order chi connectivity index (χ1) is 16.3. The van der Waals surface area contributed by atoms with Gasteiger partial charge in [-0.15, -0.1) is 11.8 Å². The normalized spacial score (nSPS) is 14.9. The summed E-state index contributed by atoms with van der Waals surface area (Å²) in [5.41, 5.74) is 5.38. The summed E-state index contributed by atoms with van der Waals surface area (Å²) < 4.78 is 4.12. The van der Waals surface area contributed by atoms with Gasteiger partial charge in [-0.2, -0.15) is 14.9 Å². The van der Waals surface area contributed by atoms with Crippen LogP contribution in [0, 0.1) is 6.92 Å². The highest BCUT2D eigenvalue weighted by atomic mass is 35.5. The molecule has 0 fully saturated rings. The van der Waals surface area contributed by atoms with Crippen LogP contribution < -0.4 is 0 Å². The van der Waals surface area contributed by atoms with Gasteiger partial charge in [0, 0.05) is 28.1 Å². The zero-order valence-corrected chi connectivity index (χ0v) is 20.9. The van der Waals surface area contributed by atoms with Gasteiger partial charge < -0.3 is 5.11 Å². The number of fused-ring (bicyclic) bond motifs is 4. The number of thioether (sulfide) groups is 1. The number of benzene rings is 1. The maximum atomic E-state index is 12.5. The molecule has 0 saturated heterocycles. The number of carbonyl (C=O) groups is 1. The highest BCUT2D eigenvalue weighted by molar-refractivity contribution is 8.01. The van der Waals surface area contributed by atoms with Gasteiger partial charge in [0.15, 0.2) is 5.69 Å². The lowest BCUT2D eigenvalue weighted by Crippen LogP contribution is -2.09. The molecule has 0 aliphatic carbocycles. The Hall–Kier alpha value is -2.85. The van der Waals surface area contributed by atoms with Crippen molar-refractivity contribution in [1.29, 1.82) is 0 Å². The Morgan fingerprint density at radius 3 is 2.76 bits per heavy atom. The number of hydrogen-bond donors (Lipinski definition) is 1. The van der Waals surface area contributed by atoms with Crippen molar-refractivity contribution in [2.24, 2.45) is 0 Å². The molecule has 0 amide bonds. The third kappa shape index (κ3) is 3.19. The van der Waals surface area contributed by atoms with E-state index in [0.717, 1.165) is 26.5 Å². The lowest BCUT2D eigenvalue weighted by atomic mass is 10.0. The summed E-state index contributed by atoms with van der Waals surface area (Å²) in [7, 11) is 0. The van der Waals surface area contributed by atoms with Gasteiger partial charge >= 0.3 is 5.97 Å². The molecule has 0 spiro atoms. The van der Waals surface area contributed by atoms with Crippen molar-refractivity contribution in [3.05, 3.63) is 69.7 Å². The molecule has 1 aliphatic heterocycles. The molecule has 6 rings (SSSR count). The van der Waals surface area contributed by atoms with Crippen molar-refractivity contribution in [3.8, 4) is 27.5 Å². The van der Waals surface area contributed by atoms with Gasteiger partial charge in [-0.1, -0.05) is 40.6 Å². The van der Waals surface area contributed by atoms with Crippen molar-refractivity contribution in [3.63, 3.8) is 0 Å². The largest absolute Gasteiger partial charge is 0.476 e.